The Morgan fingerprint density at radius 3 is 2.57 bits per heavy atom. The Balaban J connectivity index is 1.55. The van der Waals surface area contributed by atoms with Crippen molar-refractivity contribution in [2.24, 2.45) is 0 Å². The first-order valence-electron chi connectivity index (χ1n) is 8.91. The number of carbonyl (C=O) groups excluding carboxylic acids is 4. The Morgan fingerprint density at radius 2 is 1.86 bits per heavy atom. The Morgan fingerprint density at radius 1 is 1.14 bits per heavy atom. The molecule has 1 atom stereocenters. The summed E-state index contributed by atoms with van der Waals surface area (Å²) in [6.07, 6.45) is 0.399. The minimum absolute atomic E-state index is 0.399. The molecule has 1 heterocycles. The van der Waals surface area contributed by atoms with Gasteiger partial charge in [0.15, 0.2) is 6.61 Å². The van der Waals surface area contributed by atoms with Crippen molar-refractivity contribution in [1.29, 1.82) is 0 Å². The van der Waals surface area contributed by atoms with Crippen molar-refractivity contribution in [2.45, 2.75) is 25.8 Å². The molecule has 0 unspecified atom stereocenters. The van der Waals surface area contributed by atoms with E-state index < -0.39 is 42.5 Å². The summed E-state index contributed by atoms with van der Waals surface area (Å²) in [6, 6.07) is 12.4. The zero-order valence-electron chi connectivity index (χ0n) is 15.7. The number of benzene rings is 2. The topological polar surface area (TPSA) is 105 Å². The third-order valence-electron chi connectivity index (χ3n) is 4.77. The third kappa shape index (κ3) is 3.80. The molecule has 1 saturated heterocycles. The van der Waals surface area contributed by atoms with Crippen molar-refractivity contribution < 1.29 is 23.9 Å². The summed E-state index contributed by atoms with van der Waals surface area (Å²) in [5, 5.41) is 7.08. The van der Waals surface area contributed by atoms with Crippen LogP contribution >= 0.6 is 0 Å². The molecule has 0 bridgehead atoms. The number of amides is 4. The fourth-order valence-corrected chi connectivity index (χ4v) is 2.97. The molecule has 28 heavy (non-hydrogen) atoms. The summed E-state index contributed by atoms with van der Waals surface area (Å²) in [5.41, 5.74) is -0.421. The number of carbonyl (C=O) groups is 4. The van der Waals surface area contributed by atoms with Gasteiger partial charge in [0.05, 0.1) is 0 Å². The molecule has 0 spiro atoms. The molecule has 1 aliphatic rings. The van der Waals surface area contributed by atoms with E-state index in [0.717, 1.165) is 15.7 Å². The number of hydrogen-bond acceptors (Lipinski definition) is 5. The standard InChI is InChI=1S/C20H21N3O5/c1-3-20(2)18(26)23(19(27)22-20)11-17(25)28-12-16(24)21-15-10-6-8-13-7-4-5-9-14(13)15/h4-10H,3,11-12H2,1-2H3,(H,21,24)(H,22,27)/t20-/m0/s1. The minimum atomic E-state index is -1.02. The van der Waals surface area contributed by atoms with Gasteiger partial charge in [-0.15, -0.1) is 0 Å². The normalized spacial score (nSPS) is 18.9. The largest absolute Gasteiger partial charge is 0.454 e. The highest BCUT2D eigenvalue weighted by Crippen LogP contribution is 2.23. The fourth-order valence-electron chi connectivity index (χ4n) is 2.97. The zero-order valence-corrected chi connectivity index (χ0v) is 15.7. The lowest BCUT2D eigenvalue weighted by Crippen LogP contribution is -2.43. The van der Waals surface area contributed by atoms with E-state index in [1.54, 1.807) is 19.9 Å². The van der Waals surface area contributed by atoms with E-state index in [2.05, 4.69) is 10.6 Å². The lowest BCUT2D eigenvalue weighted by molar-refractivity contribution is -0.150. The first-order valence-corrected chi connectivity index (χ1v) is 8.91. The van der Waals surface area contributed by atoms with Gasteiger partial charge in [-0.1, -0.05) is 43.3 Å². The number of urea groups is 1. The number of ether oxygens (including phenoxy) is 1. The second kappa shape index (κ2) is 7.67. The maximum atomic E-state index is 12.3. The molecular weight excluding hydrogens is 362 g/mol. The molecule has 146 valence electrons. The van der Waals surface area contributed by atoms with Gasteiger partial charge in [-0.3, -0.25) is 19.3 Å². The fraction of sp³-hybridized carbons (Fsp3) is 0.300. The predicted octanol–water partition coefficient (Wildman–Crippen LogP) is 2.04. The highest BCUT2D eigenvalue weighted by molar-refractivity contribution is 6.08. The van der Waals surface area contributed by atoms with Gasteiger partial charge in [-0.05, 0) is 24.8 Å². The van der Waals surface area contributed by atoms with Crippen molar-refractivity contribution in [3.8, 4) is 0 Å². The van der Waals surface area contributed by atoms with Crippen molar-refractivity contribution in [1.82, 2.24) is 10.2 Å². The van der Waals surface area contributed by atoms with E-state index in [-0.39, 0.29) is 0 Å². The van der Waals surface area contributed by atoms with Crippen LogP contribution in [0.1, 0.15) is 20.3 Å². The molecule has 0 saturated carbocycles. The van der Waals surface area contributed by atoms with E-state index in [0.29, 0.717) is 12.1 Å². The van der Waals surface area contributed by atoms with Gasteiger partial charge in [0.25, 0.3) is 11.8 Å². The van der Waals surface area contributed by atoms with Crippen LogP contribution < -0.4 is 10.6 Å². The highest BCUT2D eigenvalue weighted by Gasteiger charge is 2.47. The molecule has 3 rings (SSSR count). The van der Waals surface area contributed by atoms with E-state index in [1.807, 2.05) is 36.4 Å². The molecule has 2 aromatic carbocycles. The lowest BCUT2D eigenvalue weighted by atomic mass is 9.99. The molecule has 0 aromatic heterocycles. The number of esters is 1. The van der Waals surface area contributed by atoms with Crippen LogP contribution in [0.3, 0.4) is 0 Å². The SMILES string of the molecule is CC[C@]1(C)NC(=O)N(CC(=O)OCC(=O)Nc2cccc3ccccc23)C1=O. The Labute approximate surface area is 161 Å². The summed E-state index contributed by atoms with van der Waals surface area (Å²) in [4.78, 5) is 49.1. The van der Waals surface area contributed by atoms with Gasteiger partial charge in [0.2, 0.25) is 0 Å². The Hall–Kier alpha value is -3.42. The Bertz CT molecular complexity index is 953. The molecule has 4 amide bonds. The number of rotatable bonds is 6. The van der Waals surface area contributed by atoms with Gasteiger partial charge in [-0.2, -0.15) is 0 Å². The number of imide groups is 1. The van der Waals surface area contributed by atoms with Crippen molar-refractivity contribution in [3.63, 3.8) is 0 Å². The van der Waals surface area contributed by atoms with Crippen molar-refractivity contribution in [2.75, 3.05) is 18.5 Å². The van der Waals surface area contributed by atoms with Gasteiger partial charge in [-0.25, -0.2) is 4.79 Å². The highest BCUT2D eigenvalue weighted by atomic mass is 16.5. The van der Waals surface area contributed by atoms with Crippen LogP contribution in [-0.2, 0) is 19.1 Å². The average molecular weight is 383 g/mol. The van der Waals surface area contributed by atoms with E-state index in [4.69, 9.17) is 4.74 Å². The minimum Gasteiger partial charge on any atom is -0.454 e. The quantitative estimate of drug-likeness (QED) is 0.587. The summed E-state index contributed by atoms with van der Waals surface area (Å²) in [7, 11) is 0. The first-order chi connectivity index (χ1) is 13.3. The molecule has 8 nitrogen and oxygen atoms in total. The molecule has 0 aliphatic carbocycles. The summed E-state index contributed by atoms with van der Waals surface area (Å²) in [5.74, 6) is -1.84. The number of hydrogen-bond donors (Lipinski definition) is 2. The van der Waals surface area contributed by atoms with Crippen LogP contribution in [-0.4, -0.2) is 47.4 Å². The molecule has 0 radical (unpaired) electrons. The lowest BCUT2D eigenvalue weighted by Gasteiger charge is -2.18. The monoisotopic (exact) mass is 383 g/mol. The van der Waals surface area contributed by atoms with Gasteiger partial charge < -0.3 is 15.4 Å². The molecule has 1 fully saturated rings. The number of anilines is 1. The summed E-state index contributed by atoms with van der Waals surface area (Å²) >= 11 is 0. The van der Waals surface area contributed by atoms with E-state index >= 15 is 0 Å². The van der Waals surface area contributed by atoms with Crippen molar-refractivity contribution in [3.05, 3.63) is 42.5 Å². The van der Waals surface area contributed by atoms with Crippen molar-refractivity contribution >= 4 is 40.3 Å². The van der Waals surface area contributed by atoms with Gasteiger partial charge in [0.1, 0.15) is 12.1 Å². The van der Waals surface area contributed by atoms with Gasteiger partial charge >= 0.3 is 12.0 Å². The van der Waals surface area contributed by atoms with E-state index in [1.165, 1.54) is 0 Å². The molecule has 1 aliphatic heterocycles. The molecule has 8 heteroatoms. The van der Waals surface area contributed by atoms with E-state index in [9.17, 15) is 19.2 Å². The third-order valence-corrected chi connectivity index (χ3v) is 4.77. The summed E-state index contributed by atoms with van der Waals surface area (Å²) in [6.45, 7) is 2.30. The maximum absolute atomic E-state index is 12.3. The van der Waals surface area contributed by atoms with Crippen LogP contribution in [0, 0.1) is 0 Å². The average Bonchev–Trinajstić information content (AvgIpc) is 2.90. The number of fused-ring (bicyclic) bond motifs is 1. The van der Waals surface area contributed by atoms with Crippen LogP contribution in [0.15, 0.2) is 42.5 Å². The first kappa shape index (κ1) is 19.3. The smallest absolute Gasteiger partial charge is 0.326 e. The second-order valence-corrected chi connectivity index (χ2v) is 6.74. The summed E-state index contributed by atoms with van der Waals surface area (Å²) < 4.78 is 4.92. The van der Waals surface area contributed by atoms with Crippen LogP contribution in [0.5, 0.6) is 0 Å². The van der Waals surface area contributed by atoms with Crippen LogP contribution in [0.25, 0.3) is 10.8 Å². The van der Waals surface area contributed by atoms with Gasteiger partial charge in [0, 0.05) is 11.1 Å². The molecule has 2 aromatic rings. The van der Waals surface area contributed by atoms with Crippen LogP contribution in [0.2, 0.25) is 0 Å². The zero-order chi connectivity index (χ0) is 20.3. The Kier molecular flexibility index (Phi) is 5.30. The second-order valence-electron chi connectivity index (χ2n) is 6.74. The number of nitrogens with zero attached hydrogens (tertiary/aromatic N) is 1. The molecule has 2 N–H and O–H groups in total. The maximum Gasteiger partial charge on any atom is 0.326 e. The van der Waals surface area contributed by atoms with Crippen LogP contribution in [0.4, 0.5) is 10.5 Å². The number of nitrogens with one attached hydrogen (secondary N) is 2. The predicted molar refractivity (Wildman–Crippen MR) is 102 cm³/mol. The molecular formula is C20H21N3O5.